The van der Waals surface area contributed by atoms with Crippen molar-refractivity contribution in [2.45, 2.75) is 46.6 Å². The van der Waals surface area contributed by atoms with Gasteiger partial charge in [0.1, 0.15) is 0 Å². The predicted molar refractivity (Wildman–Crippen MR) is 74.8 cm³/mol. The van der Waals surface area contributed by atoms with Gasteiger partial charge in [0.05, 0.1) is 0 Å². The highest BCUT2D eigenvalue weighted by Gasteiger charge is 2.33. The van der Waals surface area contributed by atoms with Gasteiger partial charge in [-0.05, 0) is 44.7 Å². The molecule has 1 amide bonds. The van der Waals surface area contributed by atoms with Crippen molar-refractivity contribution in [2.24, 2.45) is 5.92 Å². The number of benzene rings is 1. The Morgan fingerprint density at radius 3 is 2.22 bits per heavy atom. The smallest absolute Gasteiger partial charge is 0.254 e. The minimum absolute atomic E-state index is 0.206. The van der Waals surface area contributed by atoms with E-state index in [0.717, 1.165) is 12.1 Å². The van der Waals surface area contributed by atoms with E-state index in [-0.39, 0.29) is 5.91 Å². The van der Waals surface area contributed by atoms with Gasteiger partial charge >= 0.3 is 0 Å². The molecule has 0 spiro atoms. The van der Waals surface area contributed by atoms with Crippen molar-refractivity contribution < 1.29 is 4.79 Å². The summed E-state index contributed by atoms with van der Waals surface area (Å²) in [5.41, 5.74) is 3.18. The molecule has 2 heteroatoms. The largest absolute Gasteiger partial charge is 0.335 e. The van der Waals surface area contributed by atoms with Crippen LogP contribution in [0.5, 0.6) is 0 Å². The minimum atomic E-state index is 0.206. The second-order valence-corrected chi connectivity index (χ2v) is 5.96. The van der Waals surface area contributed by atoms with Gasteiger partial charge in [0.15, 0.2) is 0 Å². The maximum Gasteiger partial charge on any atom is 0.254 e. The molecule has 0 atom stereocenters. The number of hydrogen-bond donors (Lipinski definition) is 0. The fourth-order valence-corrected chi connectivity index (χ4v) is 2.44. The second kappa shape index (κ2) is 5.13. The Hall–Kier alpha value is -1.31. The molecule has 1 aliphatic carbocycles. The van der Waals surface area contributed by atoms with Crippen molar-refractivity contribution in [3.05, 3.63) is 34.9 Å². The van der Waals surface area contributed by atoms with E-state index in [1.54, 1.807) is 0 Å². The second-order valence-electron chi connectivity index (χ2n) is 5.96. The first-order valence-corrected chi connectivity index (χ1v) is 6.86. The average molecular weight is 245 g/mol. The third kappa shape index (κ3) is 3.12. The van der Waals surface area contributed by atoms with E-state index in [2.05, 4.69) is 24.8 Å². The fraction of sp³-hybridized carbons (Fsp3) is 0.562. The van der Waals surface area contributed by atoms with Gasteiger partial charge < -0.3 is 4.90 Å². The molecular weight excluding hydrogens is 222 g/mol. The van der Waals surface area contributed by atoms with Crippen molar-refractivity contribution in [3.63, 3.8) is 0 Å². The maximum atomic E-state index is 12.6. The molecule has 98 valence electrons. The first kappa shape index (κ1) is 13.1. The van der Waals surface area contributed by atoms with Crippen LogP contribution in [0.2, 0.25) is 0 Å². The number of nitrogens with zero attached hydrogens (tertiary/aromatic N) is 1. The summed E-state index contributed by atoms with van der Waals surface area (Å²) in [4.78, 5) is 14.7. The molecule has 0 N–H and O–H groups in total. The number of rotatable bonds is 4. The van der Waals surface area contributed by atoms with Gasteiger partial charge in [-0.25, -0.2) is 0 Å². The summed E-state index contributed by atoms with van der Waals surface area (Å²) in [5, 5.41) is 0. The van der Waals surface area contributed by atoms with E-state index in [4.69, 9.17) is 0 Å². The van der Waals surface area contributed by atoms with E-state index >= 15 is 0 Å². The Morgan fingerprint density at radius 2 is 1.78 bits per heavy atom. The number of carbonyl (C=O) groups is 1. The standard InChI is InChI=1S/C16H23NO/c1-11(2)10-17(15-5-6-15)16(18)14-8-12(3)7-13(4)9-14/h7-9,11,15H,5-6,10H2,1-4H3. The van der Waals surface area contributed by atoms with E-state index in [9.17, 15) is 4.79 Å². The molecule has 0 saturated heterocycles. The van der Waals surface area contributed by atoms with Crippen molar-refractivity contribution >= 4 is 5.91 Å². The lowest BCUT2D eigenvalue weighted by Gasteiger charge is -2.24. The quantitative estimate of drug-likeness (QED) is 0.794. The molecule has 1 aliphatic rings. The summed E-state index contributed by atoms with van der Waals surface area (Å²) in [5.74, 6) is 0.735. The lowest BCUT2D eigenvalue weighted by molar-refractivity contribution is 0.0722. The molecule has 0 unspecified atom stereocenters. The minimum Gasteiger partial charge on any atom is -0.335 e. The highest BCUT2D eigenvalue weighted by Crippen LogP contribution is 2.29. The topological polar surface area (TPSA) is 20.3 Å². The lowest BCUT2D eigenvalue weighted by Crippen LogP contribution is -2.36. The predicted octanol–water partition coefficient (Wildman–Crippen LogP) is 3.56. The Kier molecular flexibility index (Phi) is 3.74. The van der Waals surface area contributed by atoms with Crippen LogP contribution in [0, 0.1) is 19.8 Å². The third-order valence-electron chi connectivity index (χ3n) is 3.28. The molecule has 1 fully saturated rings. The van der Waals surface area contributed by atoms with Crippen molar-refractivity contribution in [1.29, 1.82) is 0 Å². The summed E-state index contributed by atoms with van der Waals surface area (Å²) in [6.45, 7) is 9.31. The first-order chi connectivity index (χ1) is 8.47. The molecule has 1 aromatic rings. The summed E-state index contributed by atoms with van der Waals surface area (Å²) in [7, 11) is 0. The molecule has 1 saturated carbocycles. The Bertz CT molecular complexity index is 426. The molecule has 2 rings (SSSR count). The zero-order valence-corrected chi connectivity index (χ0v) is 11.9. The molecule has 2 nitrogen and oxygen atoms in total. The molecule has 18 heavy (non-hydrogen) atoms. The van der Waals surface area contributed by atoms with Gasteiger partial charge in [-0.1, -0.05) is 31.0 Å². The van der Waals surface area contributed by atoms with Gasteiger partial charge in [-0.3, -0.25) is 4.79 Å². The van der Waals surface area contributed by atoms with Crippen LogP contribution in [0.3, 0.4) is 0 Å². The SMILES string of the molecule is Cc1cc(C)cc(C(=O)N(CC(C)C)C2CC2)c1. The number of carbonyl (C=O) groups excluding carboxylic acids is 1. The van der Waals surface area contributed by atoms with E-state index < -0.39 is 0 Å². The monoisotopic (exact) mass is 245 g/mol. The van der Waals surface area contributed by atoms with Gasteiger partial charge in [0, 0.05) is 18.2 Å². The van der Waals surface area contributed by atoms with Gasteiger partial charge in [0.2, 0.25) is 0 Å². The summed E-state index contributed by atoms with van der Waals surface area (Å²) in [6.07, 6.45) is 2.34. The number of hydrogen-bond acceptors (Lipinski definition) is 1. The van der Waals surface area contributed by atoms with Gasteiger partial charge in [-0.15, -0.1) is 0 Å². The molecule has 0 radical (unpaired) electrons. The van der Waals surface area contributed by atoms with Crippen LogP contribution < -0.4 is 0 Å². The third-order valence-corrected chi connectivity index (χ3v) is 3.28. The fourth-order valence-electron chi connectivity index (χ4n) is 2.44. The van der Waals surface area contributed by atoms with Crippen molar-refractivity contribution in [1.82, 2.24) is 4.90 Å². The zero-order chi connectivity index (χ0) is 13.3. The Labute approximate surface area is 110 Å². The lowest BCUT2D eigenvalue weighted by atomic mass is 10.1. The van der Waals surface area contributed by atoms with Crippen LogP contribution in [0.15, 0.2) is 18.2 Å². The van der Waals surface area contributed by atoms with E-state index in [0.29, 0.717) is 12.0 Å². The average Bonchev–Trinajstić information content (AvgIpc) is 3.07. The molecule has 0 bridgehead atoms. The first-order valence-electron chi connectivity index (χ1n) is 6.86. The van der Waals surface area contributed by atoms with E-state index in [1.807, 2.05) is 26.0 Å². The van der Waals surface area contributed by atoms with Crippen molar-refractivity contribution in [2.75, 3.05) is 6.54 Å². The Morgan fingerprint density at radius 1 is 1.22 bits per heavy atom. The van der Waals surface area contributed by atoms with Crippen LogP contribution in [-0.2, 0) is 0 Å². The maximum absolute atomic E-state index is 12.6. The highest BCUT2D eigenvalue weighted by molar-refractivity contribution is 5.95. The van der Waals surface area contributed by atoms with Gasteiger partial charge in [0.25, 0.3) is 5.91 Å². The molecule has 0 heterocycles. The molecule has 1 aromatic carbocycles. The van der Waals surface area contributed by atoms with Crippen LogP contribution >= 0.6 is 0 Å². The van der Waals surface area contributed by atoms with Crippen LogP contribution in [0.25, 0.3) is 0 Å². The molecular formula is C16H23NO. The Balaban J connectivity index is 2.21. The normalized spacial score (nSPS) is 14.9. The van der Waals surface area contributed by atoms with Crippen LogP contribution in [0.1, 0.15) is 48.2 Å². The summed E-state index contributed by atoms with van der Waals surface area (Å²) in [6, 6.07) is 6.61. The molecule has 0 aromatic heterocycles. The number of amides is 1. The highest BCUT2D eigenvalue weighted by atomic mass is 16.2. The van der Waals surface area contributed by atoms with Crippen LogP contribution in [0.4, 0.5) is 0 Å². The zero-order valence-electron chi connectivity index (χ0n) is 11.9. The molecule has 0 aliphatic heterocycles. The summed E-state index contributed by atoms with van der Waals surface area (Å²) < 4.78 is 0. The number of aryl methyl sites for hydroxylation is 2. The summed E-state index contributed by atoms with van der Waals surface area (Å²) >= 11 is 0. The van der Waals surface area contributed by atoms with Crippen molar-refractivity contribution in [3.8, 4) is 0 Å². The van der Waals surface area contributed by atoms with Gasteiger partial charge in [-0.2, -0.15) is 0 Å². The van der Waals surface area contributed by atoms with E-state index in [1.165, 1.54) is 24.0 Å². The van der Waals surface area contributed by atoms with Crippen LogP contribution in [-0.4, -0.2) is 23.4 Å².